The van der Waals surface area contributed by atoms with Gasteiger partial charge >= 0.3 is 5.97 Å². The fraction of sp³-hybridized carbons (Fsp3) is 0. The van der Waals surface area contributed by atoms with Crippen LogP contribution in [0.15, 0.2) is 65.6 Å². The van der Waals surface area contributed by atoms with Crippen molar-refractivity contribution in [3.05, 3.63) is 76.7 Å². The van der Waals surface area contributed by atoms with Gasteiger partial charge in [-0.2, -0.15) is 0 Å². The second-order valence-corrected chi connectivity index (χ2v) is 4.77. The highest BCUT2D eigenvalue weighted by Crippen LogP contribution is 2.18. The molecule has 0 aliphatic rings. The van der Waals surface area contributed by atoms with Gasteiger partial charge in [0.05, 0.1) is 5.56 Å². The van der Waals surface area contributed by atoms with Gasteiger partial charge in [-0.05, 0) is 30.3 Å². The maximum atomic E-state index is 12.6. The average molecular weight is 307 g/mol. The van der Waals surface area contributed by atoms with Gasteiger partial charge in [0, 0.05) is 18.0 Å². The lowest BCUT2D eigenvalue weighted by atomic mass is 10.2. The average Bonchev–Trinajstić information content (AvgIpc) is 2.55. The fourth-order valence-corrected chi connectivity index (χ4v) is 2.16. The number of carboxylic acid groups (broad SMARTS) is 1. The van der Waals surface area contributed by atoms with E-state index in [0.29, 0.717) is 11.5 Å². The number of anilines is 2. The molecular weight excluding hydrogens is 294 g/mol. The maximum Gasteiger partial charge on any atom is 0.328 e. The minimum absolute atomic E-state index is 0.181. The number of para-hydroxylation sites is 1. The molecule has 3 rings (SSSR count). The quantitative estimate of drug-likeness (QED) is 0.724. The van der Waals surface area contributed by atoms with E-state index in [9.17, 15) is 9.59 Å². The predicted octanol–water partition coefficient (Wildman–Crippen LogP) is 2.54. The second-order valence-electron chi connectivity index (χ2n) is 4.77. The summed E-state index contributed by atoms with van der Waals surface area (Å²) in [5.41, 5.74) is 1.07. The van der Waals surface area contributed by atoms with Crippen LogP contribution in [0.25, 0.3) is 11.7 Å². The lowest BCUT2D eigenvalue weighted by Gasteiger charge is -2.10. The molecule has 3 aromatic rings. The Morgan fingerprint density at radius 3 is 2.61 bits per heavy atom. The van der Waals surface area contributed by atoms with Crippen molar-refractivity contribution < 1.29 is 9.90 Å². The molecule has 0 spiro atoms. The fourth-order valence-electron chi connectivity index (χ4n) is 2.16. The van der Waals surface area contributed by atoms with Gasteiger partial charge in [-0.25, -0.2) is 9.78 Å². The Morgan fingerprint density at radius 2 is 1.87 bits per heavy atom. The number of carbonyl (C=O) groups is 1. The Hall–Kier alpha value is -3.41. The molecule has 2 aromatic heterocycles. The van der Waals surface area contributed by atoms with Crippen LogP contribution < -0.4 is 10.9 Å². The Labute approximate surface area is 131 Å². The van der Waals surface area contributed by atoms with Gasteiger partial charge in [0.2, 0.25) is 0 Å². The van der Waals surface area contributed by atoms with Crippen LogP contribution in [0, 0.1) is 0 Å². The van der Waals surface area contributed by atoms with E-state index in [0.717, 1.165) is 11.8 Å². The smallest absolute Gasteiger partial charge is 0.328 e. The molecule has 114 valence electrons. The summed E-state index contributed by atoms with van der Waals surface area (Å²) in [6, 6.07) is 14.4. The third kappa shape index (κ3) is 3.11. The molecule has 23 heavy (non-hydrogen) atoms. The predicted molar refractivity (Wildman–Crippen MR) is 87.9 cm³/mol. The highest BCUT2D eigenvalue weighted by molar-refractivity contribution is 5.87. The number of hydrogen-bond donors (Lipinski definition) is 2. The summed E-state index contributed by atoms with van der Waals surface area (Å²) in [5.74, 6) is -0.821. The molecular formula is C17H13N3O3. The molecule has 2 N–H and O–H groups in total. The summed E-state index contributed by atoms with van der Waals surface area (Å²) >= 11 is 0. The summed E-state index contributed by atoms with van der Waals surface area (Å²) in [6.07, 6.45) is 3.77. The summed E-state index contributed by atoms with van der Waals surface area (Å²) in [4.78, 5) is 27.8. The minimum Gasteiger partial charge on any atom is -0.478 e. The number of nitrogens with one attached hydrogen (secondary N) is 1. The summed E-state index contributed by atoms with van der Waals surface area (Å²) < 4.78 is 1.37. The Bertz CT molecular complexity index is 946. The normalized spacial score (nSPS) is 11.0. The van der Waals surface area contributed by atoms with Crippen LogP contribution in [0.1, 0.15) is 5.56 Å². The van der Waals surface area contributed by atoms with Gasteiger partial charge in [0.1, 0.15) is 11.5 Å². The number of carboxylic acids is 1. The van der Waals surface area contributed by atoms with Crippen LogP contribution in [0.4, 0.5) is 11.5 Å². The molecule has 0 amide bonds. The van der Waals surface area contributed by atoms with Crippen LogP contribution in [0.5, 0.6) is 0 Å². The first kappa shape index (κ1) is 14.5. The summed E-state index contributed by atoms with van der Waals surface area (Å²) in [6.45, 7) is 0. The summed E-state index contributed by atoms with van der Waals surface area (Å²) in [5, 5.41) is 11.9. The Kier molecular flexibility index (Phi) is 3.88. The number of rotatable bonds is 4. The molecule has 0 saturated heterocycles. The highest BCUT2D eigenvalue weighted by atomic mass is 16.4. The number of hydrogen-bond acceptors (Lipinski definition) is 4. The Morgan fingerprint density at radius 1 is 1.13 bits per heavy atom. The van der Waals surface area contributed by atoms with E-state index in [1.54, 1.807) is 24.4 Å². The van der Waals surface area contributed by atoms with Crippen molar-refractivity contribution in [2.45, 2.75) is 0 Å². The van der Waals surface area contributed by atoms with E-state index < -0.39 is 5.97 Å². The topological polar surface area (TPSA) is 83.7 Å². The van der Waals surface area contributed by atoms with E-state index in [2.05, 4.69) is 10.3 Å². The molecule has 2 heterocycles. The van der Waals surface area contributed by atoms with Crippen molar-refractivity contribution in [3.63, 3.8) is 0 Å². The third-order valence-electron chi connectivity index (χ3n) is 3.20. The first-order chi connectivity index (χ1) is 11.1. The monoisotopic (exact) mass is 307 g/mol. The molecule has 1 aromatic carbocycles. The molecule has 0 atom stereocenters. The van der Waals surface area contributed by atoms with Crippen LogP contribution in [-0.4, -0.2) is 20.5 Å². The number of aromatic nitrogens is 2. The number of pyridine rings is 1. The van der Waals surface area contributed by atoms with Gasteiger partial charge in [0.15, 0.2) is 0 Å². The Balaban J connectivity index is 2.19. The van der Waals surface area contributed by atoms with E-state index >= 15 is 0 Å². The first-order valence-corrected chi connectivity index (χ1v) is 6.89. The van der Waals surface area contributed by atoms with Crippen molar-refractivity contribution in [3.8, 4) is 0 Å². The number of aliphatic carboxylic acids is 1. The van der Waals surface area contributed by atoms with Crippen LogP contribution in [0.3, 0.4) is 0 Å². The second kappa shape index (κ2) is 6.15. The molecule has 0 radical (unpaired) electrons. The van der Waals surface area contributed by atoms with Crippen molar-refractivity contribution in [2.24, 2.45) is 0 Å². The van der Waals surface area contributed by atoms with Crippen molar-refractivity contribution in [1.29, 1.82) is 0 Å². The standard InChI is InChI=1S/C17H13N3O3/c21-15(22)10-9-13-16(18-12-6-2-1-3-7-12)19-14-8-4-5-11-20(14)17(13)23/h1-11,18H,(H,21,22)/b10-9+. The van der Waals surface area contributed by atoms with Gasteiger partial charge in [0.25, 0.3) is 5.56 Å². The molecule has 0 fully saturated rings. The molecule has 0 bridgehead atoms. The maximum absolute atomic E-state index is 12.6. The molecule has 0 aliphatic carbocycles. The van der Waals surface area contributed by atoms with E-state index in [-0.39, 0.29) is 11.1 Å². The van der Waals surface area contributed by atoms with Gasteiger partial charge in [-0.1, -0.05) is 24.3 Å². The number of nitrogens with zero attached hydrogens (tertiary/aromatic N) is 2. The van der Waals surface area contributed by atoms with Gasteiger partial charge in [-0.3, -0.25) is 9.20 Å². The zero-order chi connectivity index (χ0) is 16.2. The zero-order valence-corrected chi connectivity index (χ0v) is 12.0. The minimum atomic E-state index is -1.13. The number of benzene rings is 1. The lowest BCUT2D eigenvalue weighted by Crippen LogP contribution is -2.19. The first-order valence-electron chi connectivity index (χ1n) is 6.89. The molecule has 6 heteroatoms. The van der Waals surface area contributed by atoms with Crippen molar-refractivity contribution >= 4 is 29.2 Å². The third-order valence-corrected chi connectivity index (χ3v) is 3.20. The van der Waals surface area contributed by atoms with Crippen LogP contribution >= 0.6 is 0 Å². The molecule has 0 aliphatic heterocycles. The molecule has 0 saturated carbocycles. The van der Waals surface area contributed by atoms with Crippen LogP contribution in [-0.2, 0) is 4.79 Å². The largest absolute Gasteiger partial charge is 0.478 e. The van der Waals surface area contributed by atoms with Crippen LogP contribution in [0.2, 0.25) is 0 Å². The number of fused-ring (bicyclic) bond motifs is 1. The van der Waals surface area contributed by atoms with E-state index in [4.69, 9.17) is 5.11 Å². The van der Waals surface area contributed by atoms with Crippen molar-refractivity contribution in [1.82, 2.24) is 9.38 Å². The molecule has 6 nitrogen and oxygen atoms in total. The van der Waals surface area contributed by atoms with Gasteiger partial charge < -0.3 is 10.4 Å². The highest BCUT2D eigenvalue weighted by Gasteiger charge is 2.11. The van der Waals surface area contributed by atoms with E-state index in [1.807, 2.05) is 30.3 Å². The molecule has 0 unspecified atom stereocenters. The summed E-state index contributed by atoms with van der Waals surface area (Å²) in [7, 11) is 0. The SMILES string of the molecule is O=C(O)/C=C/c1c(Nc2ccccc2)nc2ccccn2c1=O. The lowest BCUT2D eigenvalue weighted by molar-refractivity contribution is -0.131. The van der Waals surface area contributed by atoms with Crippen molar-refractivity contribution in [2.75, 3.05) is 5.32 Å². The van der Waals surface area contributed by atoms with E-state index in [1.165, 1.54) is 10.5 Å². The zero-order valence-electron chi connectivity index (χ0n) is 12.0. The van der Waals surface area contributed by atoms with Gasteiger partial charge in [-0.15, -0.1) is 0 Å².